The lowest BCUT2D eigenvalue weighted by atomic mass is 10.1. The molecule has 0 spiro atoms. The maximum absolute atomic E-state index is 11.8. The Hall–Kier alpha value is -1.28. The Balaban J connectivity index is 2.60. The minimum Gasteiger partial charge on any atom is -0.453 e. The van der Waals surface area contributed by atoms with Crippen LogP contribution in [0.4, 0.5) is 0 Å². The van der Waals surface area contributed by atoms with Gasteiger partial charge in [0.05, 0.1) is 0 Å². The van der Waals surface area contributed by atoms with E-state index in [1.807, 2.05) is 32.9 Å². The molecule has 0 N–H and O–H groups in total. The molecule has 2 nitrogen and oxygen atoms in total. The molecular weight excluding hydrogens is 224 g/mol. The summed E-state index contributed by atoms with van der Waals surface area (Å²) in [4.78, 5) is 11.8. The fraction of sp³-hybridized carbons (Fsp3) is 0.308. The van der Waals surface area contributed by atoms with Crippen LogP contribution in [-0.2, 0) is 0 Å². The Morgan fingerprint density at radius 3 is 2.62 bits per heavy atom. The third kappa shape index (κ3) is 1.85. The van der Waals surface area contributed by atoms with Crippen molar-refractivity contribution < 1.29 is 9.21 Å². The van der Waals surface area contributed by atoms with Crippen molar-refractivity contribution in [1.82, 2.24) is 0 Å². The molecule has 1 heterocycles. The third-order valence-electron chi connectivity index (χ3n) is 2.53. The van der Waals surface area contributed by atoms with Crippen LogP contribution in [0.1, 0.15) is 30.0 Å². The number of Topliss-reactive ketones (excluding diaryl/α,β-unsaturated/α-hetero) is 1. The van der Waals surface area contributed by atoms with Gasteiger partial charge in [-0.25, -0.2) is 0 Å². The van der Waals surface area contributed by atoms with E-state index in [1.165, 1.54) is 0 Å². The number of fused-ring (bicyclic) bond motifs is 1. The van der Waals surface area contributed by atoms with Crippen molar-refractivity contribution in [2.45, 2.75) is 20.8 Å². The zero-order valence-electron chi connectivity index (χ0n) is 9.50. The number of hydrogen-bond acceptors (Lipinski definition) is 2. The normalized spacial score (nSPS) is 11.3. The second-order valence-electron chi connectivity index (χ2n) is 4.27. The first kappa shape index (κ1) is 11.2. The van der Waals surface area contributed by atoms with E-state index in [0.29, 0.717) is 10.8 Å². The molecule has 0 aliphatic heterocycles. The number of benzene rings is 1. The average Bonchev–Trinajstić information content (AvgIpc) is 2.60. The van der Waals surface area contributed by atoms with Crippen LogP contribution in [0.5, 0.6) is 0 Å². The van der Waals surface area contributed by atoms with Crippen molar-refractivity contribution in [3.8, 4) is 0 Å². The number of carbonyl (C=O) groups is 1. The summed E-state index contributed by atoms with van der Waals surface area (Å²) in [5.41, 5.74) is 1.69. The van der Waals surface area contributed by atoms with Crippen molar-refractivity contribution in [1.29, 1.82) is 0 Å². The topological polar surface area (TPSA) is 30.2 Å². The van der Waals surface area contributed by atoms with Crippen LogP contribution in [0, 0.1) is 12.8 Å². The number of aryl methyl sites for hydroxylation is 1. The van der Waals surface area contributed by atoms with E-state index < -0.39 is 0 Å². The first-order valence-electron chi connectivity index (χ1n) is 5.23. The number of halogens is 1. The van der Waals surface area contributed by atoms with Gasteiger partial charge in [-0.05, 0) is 30.7 Å². The highest BCUT2D eigenvalue weighted by molar-refractivity contribution is 6.31. The summed E-state index contributed by atoms with van der Waals surface area (Å²) < 4.78 is 5.57. The predicted molar refractivity (Wildman–Crippen MR) is 65.1 cm³/mol. The molecule has 3 heteroatoms. The van der Waals surface area contributed by atoms with E-state index in [0.717, 1.165) is 16.5 Å². The summed E-state index contributed by atoms with van der Waals surface area (Å²) >= 11 is 5.95. The van der Waals surface area contributed by atoms with Gasteiger partial charge in [0.1, 0.15) is 5.58 Å². The van der Waals surface area contributed by atoms with E-state index >= 15 is 0 Å². The minimum absolute atomic E-state index is 0.0201. The van der Waals surface area contributed by atoms with Gasteiger partial charge in [-0.1, -0.05) is 25.4 Å². The molecule has 0 aliphatic carbocycles. The fourth-order valence-electron chi connectivity index (χ4n) is 1.69. The monoisotopic (exact) mass is 236 g/mol. The second kappa shape index (κ2) is 3.95. The van der Waals surface area contributed by atoms with Gasteiger partial charge in [-0.3, -0.25) is 4.79 Å². The summed E-state index contributed by atoms with van der Waals surface area (Å²) in [6, 6.07) is 5.40. The van der Waals surface area contributed by atoms with E-state index in [4.69, 9.17) is 16.0 Å². The molecule has 0 saturated carbocycles. The lowest BCUT2D eigenvalue weighted by Crippen LogP contribution is -2.05. The highest BCUT2D eigenvalue weighted by Crippen LogP contribution is 2.27. The molecule has 2 rings (SSSR count). The molecule has 0 fully saturated rings. The molecule has 16 heavy (non-hydrogen) atoms. The quantitative estimate of drug-likeness (QED) is 0.731. The van der Waals surface area contributed by atoms with Crippen LogP contribution in [-0.4, -0.2) is 5.78 Å². The molecule has 0 bridgehead atoms. The molecule has 1 aromatic carbocycles. The Bertz CT molecular complexity index is 552. The van der Waals surface area contributed by atoms with Crippen LogP contribution in [0.3, 0.4) is 0 Å². The predicted octanol–water partition coefficient (Wildman–Crippen LogP) is 4.23. The molecule has 0 amide bonds. The lowest BCUT2D eigenvalue weighted by Gasteiger charge is -1.98. The zero-order valence-corrected chi connectivity index (χ0v) is 10.3. The standard InChI is InChI=1S/C13H13ClO2/c1-7(2)12(15)11-6-9-5-10(14)4-8(3)13(9)16-11/h4-7H,1-3H3. The summed E-state index contributed by atoms with van der Waals surface area (Å²) in [5.74, 6) is 0.374. The summed E-state index contributed by atoms with van der Waals surface area (Å²) in [6.07, 6.45) is 0. The maximum atomic E-state index is 11.8. The second-order valence-corrected chi connectivity index (χ2v) is 4.71. The fourth-order valence-corrected chi connectivity index (χ4v) is 1.97. The van der Waals surface area contributed by atoms with Gasteiger partial charge in [-0.2, -0.15) is 0 Å². The van der Waals surface area contributed by atoms with Gasteiger partial charge in [0.2, 0.25) is 5.78 Å². The number of carbonyl (C=O) groups excluding carboxylic acids is 1. The van der Waals surface area contributed by atoms with Gasteiger partial charge in [0, 0.05) is 16.3 Å². The van der Waals surface area contributed by atoms with Gasteiger partial charge in [0.25, 0.3) is 0 Å². The Morgan fingerprint density at radius 1 is 1.31 bits per heavy atom. The molecule has 0 unspecified atom stereocenters. The van der Waals surface area contributed by atoms with Crippen LogP contribution in [0.15, 0.2) is 22.6 Å². The van der Waals surface area contributed by atoms with Crippen molar-refractivity contribution in [2.75, 3.05) is 0 Å². The van der Waals surface area contributed by atoms with Gasteiger partial charge < -0.3 is 4.42 Å². The first-order valence-corrected chi connectivity index (χ1v) is 5.60. The highest BCUT2D eigenvalue weighted by Gasteiger charge is 2.16. The van der Waals surface area contributed by atoms with Crippen LogP contribution < -0.4 is 0 Å². The highest BCUT2D eigenvalue weighted by atomic mass is 35.5. The smallest absolute Gasteiger partial charge is 0.200 e. The molecule has 0 radical (unpaired) electrons. The van der Waals surface area contributed by atoms with E-state index in [-0.39, 0.29) is 11.7 Å². The average molecular weight is 237 g/mol. The minimum atomic E-state index is -0.0589. The van der Waals surface area contributed by atoms with E-state index in [9.17, 15) is 4.79 Å². The molecule has 2 aromatic rings. The summed E-state index contributed by atoms with van der Waals surface area (Å²) in [6.45, 7) is 5.63. The lowest BCUT2D eigenvalue weighted by molar-refractivity contribution is 0.0913. The molecular formula is C13H13ClO2. The zero-order chi connectivity index (χ0) is 11.9. The SMILES string of the molecule is Cc1cc(Cl)cc2cc(C(=O)C(C)C)oc12. The van der Waals surface area contributed by atoms with Gasteiger partial charge in [0.15, 0.2) is 5.76 Å². The van der Waals surface area contributed by atoms with E-state index in [1.54, 1.807) is 6.07 Å². The van der Waals surface area contributed by atoms with Crippen molar-refractivity contribution in [2.24, 2.45) is 5.92 Å². The van der Waals surface area contributed by atoms with Crippen molar-refractivity contribution >= 4 is 28.4 Å². The van der Waals surface area contributed by atoms with Crippen molar-refractivity contribution in [3.63, 3.8) is 0 Å². The van der Waals surface area contributed by atoms with Crippen LogP contribution in [0.25, 0.3) is 11.0 Å². The van der Waals surface area contributed by atoms with Gasteiger partial charge in [-0.15, -0.1) is 0 Å². The van der Waals surface area contributed by atoms with Gasteiger partial charge >= 0.3 is 0 Å². The number of furan rings is 1. The van der Waals surface area contributed by atoms with Crippen LogP contribution in [0.2, 0.25) is 5.02 Å². The largest absolute Gasteiger partial charge is 0.453 e. The summed E-state index contributed by atoms with van der Waals surface area (Å²) in [5, 5.41) is 1.54. The maximum Gasteiger partial charge on any atom is 0.200 e. The first-order chi connectivity index (χ1) is 7.49. The molecule has 0 atom stereocenters. The van der Waals surface area contributed by atoms with Crippen LogP contribution >= 0.6 is 11.6 Å². The molecule has 1 aromatic heterocycles. The Morgan fingerprint density at radius 2 is 2.00 bits per heavy atom. The number of ketones is 1. The number of rotatable bonds is 2. The van der Waals surface area contributed by atoms with Crippen molar-refractivity contribution in [3.05, 3.63) is 34.5 Å². The Kier molecular flexibility index (Phi) is 2.76. The Labute approximate surface area is 99.2 Å². The number of hydrogen-bond donors (Lipinski definition) is 0. The van der Waals surface area contributed by atoms with E-state index in [2.05, 4.69) is 0 Å². The summed E-state index contributed by atoms with van der Waals surface area (Å²) in [7, 11) is 0. The molecule has 0 saturated heterocycles. The molecule has 0 aliphatic rings. The molecule has 84 valence electrons. The third-order valence-corrected chi connectivity index (χ3v) is 2.75.